The molecule has 1 amide bonds. The molecule has 1 aromatic carbocycles. The minimum Gasteiger partial charge on any atom is -0.334 e. The molecule has 0 bridgehead atoms. The molecule has 124 valence electrons. The van der Waals surface area contributed by atoms with Crippen molar-refractivity contribution in [3.8, 4) is 22.8 Å². The highest BCUT2D eigenvalue weighted by molar-refractivity contribution is 5.88. The van der Waals surface area contributed by atoms with E-state index in [-0.39, 0.29) is 5.91 Å². The first-order valence-electron chi connectivity index (χ1n) is 7.63. The van der Waals surface area contributed by atoms with Crippen LogP contribution in [0.2, 0.25) is 0 Å². The first kappa shape index (κ1) is 15.0. The second-order valence-electron chi connectivity index (χ2n) is 5.57. The van der Waals surface area contributed by atoms with Gasteiger partial charge in [-0.15, -0.1) is 10.2 Å². The minimum atomic E-state index is -0.118. The molecule has 0 saturated heterocycles. The molecule has 0 fully saturated rings. The van der Waals surface area contributed by atoms with Crippen LogP contribution in [0.25, 0.3) is 28.5 Å². The second kappa shape index (κ2) is 5.82. The maximum Gasteiger partial charge on any atom is 0.258 e. The normalized spacial score (nSPS) is 11.0. The number of hydrogen-bond acceptors (Lipinski definition) is 6. The van der Waals surface area contributed by atoms with Crippen molar-refractivity contribution in [1.29, 1.82) is 0 Å². The Morgan fingerprint density at radius 3 is 2.60 bits per heavy atom. The molecule has 25 heavy (non-hydrogen) atoms. The average molecular weight is 334 g/mol. The minimum absolute atomic E-state index is 0.118. The van der Waals surface area contributed by atoms with Gasteiger partial charge in [0.1, 0.15) is 5.82 Å². The molecular weight excluding hydrogens is 320 g/mol. The predicted octanol–water partition coefficient (Wildman–Crippen LogP) is 2.71. The SMILES string of the molecule is CC(=O)Nc1ccc(-c2nc(-c3ccc4nnc(C)n4c3)no2)cc1. The topological polar surface area (TPSA) is 98.2 Å². The van der Waals surface area contributed by atoms with Crippen molar-refractivity contribution in [2.45, 2.75) is 13.8 Å². The molecule has 0 spiro atoms. The fourth-order valence-corrected chi connectivity index (χ4v) is 2.50. The molecule has 0 aliphatic carbocycles. The van der Waals surface area contributed by atoms with Crippen molar-refractivity contribution in [3.05, 3.63) is 48.4 Å². The third-order valence-corrected chi connectivity index (χ3v) is 3.71. The van der Waals surface area contributed by atoms with Crippen LogP contribution in [0, 0.1) is 6.92 Å². The van der Waals surface area contributed by atoms with E-state index in [2.05, 4.69) is 25.7 Å². The van der Waals surface area contributed by atoms with Crippen molar-refractivity contribution < 1.29 is 9.32 Å². The van der Waals surface area contributed by atoms with E-state index < -0.39 is 0 Å². The van der Waals surface area contributed by atoms with Gasteiger partial charge in [-0.2, -0.15) is 4.98 Å². The van der Waals surface area contributed by atoms with E-state index in [0.29, 0.717) is 17.4 Å². The van der Waals surface area contributed by atoms with E-state index in [4.69, 9.17) is 4.52 Å². The van der Waals surface area contributed by atoms with Crippen LogP contribution in [-0.4, -0.2) is 30.6 Å². The zero-order valence-electron chi connectivity index (χ0n) is 13.6. The lowest BCUT2D eigenvalue weighted by molar-refractivity contribution is -0.114. The van der Waals surface area contributed by atoms with Gasteiger partial charge < -0.3 is 9.84 Å². The molecule has 3 aromatic heterocycles. The number of benzene rings is 1. The van der Waals surface area contributed by atoms with Gasteiger partial charge in [-0.1, -0.05) is 5.16 Å². The van der Waals surface area contributed by atoms with E-state index in [1.54, 1.807) is 12.1 Å². The van der Waals surface area contributed by atoms with Gasteiger partial charge in [-0.3, -0.25) is 9.20 Å². The lowest BCUT2D eigenvalue weighted by atomic mass is 10.2. The standard InChI is InChI=1S/C17H14N6O2/c1-10-20-21-15-8-5-13(9-23(10)15)16-19-17(25-22-16)12-3-6-14(7-4-12)18-11(2)24/h3-9H,1-2H3,(H,18,24). The van der Waals surface area contributed by atoms with Gasteiger partial charge >= 0.3 is 0 Å². The molecule has 1 N–H and O–H groups in total. The molecule has 0 atom stereocenters. The highest BCUT2D eigenvalue weighted by atomic mass is 16.5. The van der Waals surface area contributed by atoms with E-state index in [0.717, 1.165) is 22.6 Å². The van der Waals surface area contributed by atoms with Crippen LogP contribution < -0.4 is 5.32 Å². The van der Waals surface area contributed by atoms with Crippen molar-refractivity contribution in [2.24, 2.45) is 0 Å². The number of carbonyl (C=O) groups excluding carboxylic acids is 1. The summed E-state index contributed by atoms with van der Waals surface area (Å²) in [5.74, 6) is 1.56. The van der Waals surface area contributed by atoms with E-state index >= 15 is 0 Å². The van der Waals surface area contributed by atoms with Gasteiger partial charge in [0.25, 0.3) is 5.89 Å². The third kappa shape index (κ3) is 2.85. The molecule has 8 heteroatoms. The summed E-state index contributed by atoms with van der Waals surface area (Å²) in [5.41, 5.74) is 3.05. The van der Waals surface area contributed by atoms with Crippen LogP contribution in [0.1, 0.15) is 12.7 Å². The molecule has 4 rings (SSSR count). The molecular formula is C17H14N6O2. The molecule has 0 aliphatic heterocycles. The number of amides is 1. The lowest BCUT2D eigenvalue weighted by Crippen LogP contribution is -2.05. The van der Waals surface area contributed by atoms with Crippen LogP contribution >= 0.6 is 0 Å². The Labute approximate surface area is 142 Å². The fourth-order valence-electron chi connectivity index (χ4n) is 2.50. The number of carbonyl (C=O) groups is 1. The van der Waals surface area contributed by atoms with E-state index in [9.17, 15) is 4.79 Å². The van der Waals surface area contributed by atoms with Crippen molar-refractivity contribution in [2.75, 3.05) is 5.32 Å². The maximum absolute atomic E-state index is 11.1. The van der Waals surface area contributed by atoms with E-state index in [1.807, 2.05) is 41.8 Å². The number of aryl methyl sites for hydroxylation is 1. The van der Waals surface area contributed by atoms with Gasteiger partial charge in [0, 0.05) is 29.9 Å². The Balaban J connectivity index is 1.64. The molecule has 3 heterocycles. The molecule has 0 aliphatic rings. The second-order valence-corrected chi connectivity index (χ2v) is 5.57. The molecule has 0 unspecified atom stereocenters. The number of fused-ring (bicyclic) bond motifs is 1. The summed E-state index contributed by atoms with van der Waals surface area (Å²) < 4.78 is 7.23. The smallest absolute Gasteiger partial charge is 0.258 e. The van der Waals surface area contributed by atoms with Crippen LogP contribution in [0.3, 0.4) is 0 Å². The summed E-state index contributed by atoms with van der Waals surface area (Å²) in [6.45, 7) is 3.34. The largest absolute Gasteiger partial charge is 0.334 e. The summed E-state index contributed by atoms with van der Waals surface area (Å²) in [4.78, 5) is 15.5. The number of pyridine rings is 1. The highest BCUT2D eigenvalue weighted by Crippen LogP contribution is 2.24. The quantitative estimate of drug-likeness (QED) is 0.618. The van der Waals surface area contributed by atoms with Crippen LogP contribution in [0.4, 0.5) is 5.69 Å². The molecule has 0 radical (unpaired) electrons. The number of aromatic nitrogens is 5. The zero-order chi connectivity index (χ0) is 17.4. The van der Waals surface area contributed by atoms with Gasteiger partial charge in [0.05, 0.1) is 0 Å². The van der Waals surface area contributed by atoms with Gasteiger partial charge in [0.15, 0.2) is 5.65 Å². The van der Waals surface area contributed by atoms with Crippen molar-refractivity contribution in [3.63, 3.8) is 0 Å². The Hall–Kier alpha value is -3.55. The highest BCUT2D eigenvalue weighted by Gasteiger charge is 2.12. The molecule has 8 nitrogen and oxygen atoms in total. The Morgan fingerprint density at radius 1 is 1.08 bits per heavy atom. The van der Waals surface area contributed by atoms with Crippen molar-refractivity contribution >= 4 is 17.2 Å². The zero-order valence-corrected chi connectivity index (χ0v) is 13.6. The fraction of sp³-hybridized carbons (Fsp3) is 0.118. The first-order chi connectivity index (χ1) is 12.1. The maximum atomic E-state index is 11.1. The summed E-state index contributed by atoms with van der Waals surface area (Å²) in [7, 11) is 0. The first-order valence-corrected chi connectivity index (χ1v) is 7.63. The van der Waals surface area contributed by atoms with Crippen molar-refractivity contribution in [1.82, 2.24) is 24.7 Å². The average Bonchev–Trinajstić information content (AvgIpc) is 3.22. The van der Waals surface area contributed by atoms with Gasteiger partial charge in [0.2, 0.25) is 11.7 Å². The number of hydrogen-bond donors (Lipinski definition) is 1. The number of nitrogens with one attached hydrogen (secondary N) is 1. The Kier molecular flexibility index (Phi) is 3.50. The number of anilines is 1. The van der Waals surface area contributed by atoms with Crippen LogP contribution in [0.5, 0.6) is 0 Å². The summed E-state index contributed by atoms with van der Waals surface area (Å²) >= 11 is 0. The molecule has 4 aromatic rings. The summed E-state index contributed by atoms with van der Waals surface area (Å²) in [6.07, 6.45) is 1.87. The van der Waals surface area contributed by atoms with Crippen LogP contribution in [-0.2, 0) is 4.79 Å². The monoisotopic (exact) mass is 334 g/mol. The lowest BCUT2D eigenvalue weighted by Gasteiger charge is -2.01. The van der Waals surface area contributed by atoms with Gasteiger partial charge in [-0.25, -0.2) is 0 Å². The van der Waals surface area contributed by atoms with Gasteiger partial charge in [-0.05, 0) is 43.3 Å². The number of nitrogens with zero attached hydrogens (tertiary/aromatic N) is 5. The molecule has 0 saturated carbocycles. The Morgan fingerprint density at radius 2 is 1.84 bits per heavy atom. The Bertz CT molecular complexity index is 1060. The summed E-state index contributed by atoms with van der Waals surface area (Å²) in [6, 6.07) is 10.9. The third-order valence-electron chi connectivity index (χ3n) is 3.71. The van der Waals surface area contributed by atoms with Crippen LogP contribution in [0.15, 0.2) is 47.1 Å². The predicted molar refractivity (Wildman–Crippen MR) is 90.8 cm³/mol. The summed E-state index contributed by atoms with van der Waals surface area (Å²) in [5, 5.41) is 14.8. The number of rotatable bonds is 3. The van der Waals surface area contributed by atoms with E-state index in [1.165, 1.54) is 6.92 Å².